The standard InChI is InChI=1S/C9H17N/c1-4-6-7-9(10)8(3)5-2/h4-5,9H,1,6-7,10H2,2-3H3/b8-5+. The van der Waals surface area contributed by atoms with E-state index in [1.54, 1.807) is 0 Å². The minimum atomic E-state index is 0.225. The molecule has 1 heteroatoms. The molecule has 0 aliphatic carbocycles. The lowest BCUT2D eigenvalue weighted by Gasteiger charge is -2.09. The first-order chi connectivity index (χ1) is 4.72. The lowest BCUT2D eigenvalue weighted by Crippen LogP contribution is -2.20. The largest absolute Gasteiger partial charge is 0.324 e. The van der Waals surface area contributed by atoms with Gasteiger partial charge in [-0.05, 0) is 26.7 Å². The molecule has 1 nitrogen and oxygen atoms in total. The Balaban J connectivity index is 3.61. The molecule has 1 unspecified atom stereocenters. The SMILES string of the molecule is C=CCCC(N)/C(C)=C/C. The van der Waals surface area contributed by atoms with Gasteiger partial charge in [-0.15, -0.1) is 6.58 Å². The quantitative estimate of drug-likeness (QED) is 0.594. The third kappa shape index (κ3) is 3.46. The molecule has 0 amide bonds. The third-order valence-corrected chi connectivity index (χ3v) is 1.72. The highest BCUT2D eigenvalue weighted by Crippen LogP contribution is 2.04. The molecule has 1 atom stereocenters. The molecule has 0 aromatic rings. The van der Waals surface area contributed by atoms with E-state index in [0.29, 0.717) is 0 Å². The Morgan fingerprint density at radius 3 is 2.70 bits per heavy atom. The van der Waals surface area contributed by atoms with Gasteiger partial charge in [0.05, 0.1) is 0 Å². The third-order valence-electron chi connectivity index (χ3n) is 1.72. The second-order valence-corrected chi connectivity index (χ2v) is 2.51. The summed E-state index contributed by atoms with van der Waals surface area (Å²) < 4.78 is 0. The van der Waals surface area contributed by atoms with Gasteiger partial charge in [-0.3, -0.25) is 0 Å². The van der Waals surface area contributed by atoms with Gasteiger partial charge in [0, 0.05) is 6.04 Å². The molecule has 0 aliphatic rings. The van der Waals surface area contributed by atoms with Crippen molar-refractivity contribution in [3.63, 3.8) is 0 Å². The van der Waals surface area contributed by atoms with Crippen molar-refractivity contribution in [2.45, 2.75) is 32.7 Å². The lowest BCUT2D eigenvalue weighted by atomic mass is 10.0. The fourth-order valence-electron chi connectivity index (χ4n) is 0.739. The molecule has 2 N–H and O–H groups in total. The number of hydrogen-bond acceptors (Lipinski definition) is 1. The maximum absolute atomic E-state index is 5.80. The molecule has 0 spiro atoms. The molecule has 0 aliphatic heterocycles. The van der Waals surface area contributed by atoms with Gasteiger partial charge in [0.25, 0.3) is 0 Å². The summed E-state index contributed by atoms with van der Waals surface area (Å²) in [6, 6.07) is 0.225. The predicted molar refractivity (Wildman–Crippen MR) is 46.8 cm³/mol. The molecular formula is C9H17N. The van der Waals surface area contributed by atoms with E-state index in [1.807, 2.05) is 13.0 Å². The van der Waals surface area contributed by atoms with E-state index in [4.69, 9.17) is 5.73 Å². The van der Waals surface area contributed by atoms with Crippen LogP contribution < -0.4 is 5.73 Å². The van der Waals surface area contributed by atoms with Gasteiger partial charge >= 0.3 is 0 Å². The molecule has 0 aromatic carbocycles. The number of rotatable bonds is 4. The Bertz CT molecular complexity index is 125. The van der Waals surface area contributed by atoms with Gasteiger partial charge < -0.3 is 5.73 Å². The van der Waals surface area contributed by atoms with E-state index in [0.717, 1.165) is 12.8 Å². The Hall–Kier alpha value is -0.560. The Morgan fingerprint density at radius 1 is 1.70 bits per heavy atom. The Kier molecular flexibility index (Phi) is 4.95. The van der Waals surface area contributed by atoms with Crippen molar-refractivity contribution < 1.29 is 0 Å². The summed E-state index contributed by atoms with van der Waals surface area (Å²) in [5, 5.41) is 0. The lowest BCUT2D eigenvalue weighted by molar-refractivity contribution is 0.698. The molecule has 0 aromatic heterocycles. The predicted octanol–water partition coefficient (Wildman–Crippen LogP) is 2.25. The Morgan fingerprint density at radius 2 is 2.30 bits per heavy atom. The van der Waals surface area contributed by atoms with Crippen molar-refractivity contribution in [3.05, 3.63) is 24.3 Å². The highest BCUT2D eigenvalue weighted by Gasteiger charge is 2.00. The molecule has 58 valence electrons. The van der Waals surface area contributed by atoms with Crippen LogP contribution >= 0.6 is 0 Å². The smallest absolute Gasteiger partial charge is 0.0253 e. The van der Waals surface area contributed by atoms with Gasteiger partial charge in [-0.2, -0.15) is 0 Å². The summed E-state index contributed by atoms with van der Waals surface area (Å²) in [4.78, 5) is 0. The zero-order valence-electron chi connectivity index (χ0n) is 6.93. The van der Waals surface area contributed by atoms with E-state index in [2.05, 4.69) is 19.6 Å². The molecule has 0 heterocycles. The van der Waals surface area contributed by atoms with Crippen molar-refractivity contribution in [1.82, 2.24) is 0 Å². The first kappa shape index (κ1) is 9.44. The first-order valence-electron chi connectivity index (χ1n) is 3.71. The first-order valence-corrected chi connectivity index (χ1v) is 3.71. The van der Waals surface area contributed by atoms with Gasteiger partial charge in [0.15, 0.2) is 0 Å². The van der Waals surface area contributed by atoms with Crippen LogP contribution in [0.4, 0.5) is 0 Å². The van der Waals surface area contributed by atoms with Crippen molar-refractivity contribution >= 4 is 0 Å². The normalized spacial score (nSPS) is 14.9. The van der Waals surface area contributed by atoms with Crippen LogP contribution in [-0.2, 0) is 0 Å². The second kappa shape index (κ2) is 5.24. The molecule has 0 fully saturated rings. The summed E-state index contributed by atoms with van der Waals surface area (Å²) in [5.74, 6) is 0. The van der Waals surface area contributed by atoms with E-state index in [1.165, 1.54) is 5.57 Å². The van der Waals surface area contributed by atoms with Crippen LogP contribution in [0.2, 0.25) is 0 Å². The average Bonchev–Trinajstić information content (AvgIpc) is 1.98. The van der Waals surface area contributed by atoms with E-state index in [-0.39, 0.29) is 6.04 Å². The average molecular weight is 139 g/mol. The van der Waals surface area contributed by atoms with Crippen LogP contribution in [0.1, 0.15) is 26.7 Å². The Labute approximate surface area is 63.6 Å². The van der Waals surface area contributed by atoms with Crippen LogP contribution in [0.5, 0.6) is 0 Å². The fraction of sp³-hybridized carbons (Fsp3) is 0.556. The maximum Gasteiger partial charge on any atom is 0.0253 e. The molecule has 0 bridgehead atoms. The van der Waals surface area contributed by atoms with Gasteiger partial charge in [0.1, 0.15) is 0 Å². The zero-order chi connectivity index (χ0) is 7.98. The minimum Gasteiger partial charge on any atom is -0.324 e. The fourth-order valence-corrected chi connectivity index (χ4v) is 0.739. The highest BCUT2D eigenvalue weighted by atomic mass is 14.6. The van der Waals surface area contributed by atoms with Crippen LogP contribution in [0.25, 0.3) is 0 Å². The van der Waals surface area contributed by atoms with Crippen molar-refractivity contribution in [1.29, 1.82) is 0 Å². The van der Waals surface area contributed by atoms with Crippen molar-refractivity contribution in [2.75, 3.05) is 0 Å². The van der Waals surface area contributed by atoms with Crippen molar-refractivity contribution in [2.24, 2.45) is 5.73 Å². The van der Waals surface area contributed by atoms with Crippen LogP contribution in [0.15, 0.2) is 24.3 Å². The molecule has 0 rings (SSSR count). The molecular weight excluding hydrogens is 122 g/mol. The second-order valence-electron chi connectivity index (χ2n) is 2.51. The summed E-state index contributed by atoms with van der Waals surface area (Å²) in [6.45, 7) is 7.72. The summed E-state index contributed by atoms with van der Waals surface area (Å²) in [7, 11) is 0. The van der Waals surface area contributed by atoms with Crippen LogP contribution in [-0.4, -0.2) is 6.04 Å². The van der Waals surface area contributed by atoms with Gasteiger partial charge in [-0.1, -0.05) is 17.7 Å². The molecule has 0 saturated heterocycles. The molecule has 0 radical (unpaired) electrons. The highest BCUT2D eigenvalue weighted by molar-refractivity contribution is 5.05. The van der Waals surface area contributed by atoms with E-state index < -0.39 is 0 Å². The monoisotopic (exact) mass is 139 g/mol. The van der Waals surface area contributed by atoms with Gasteiger partial charge in [-0.25, -0.2) is 0 Å². The zero-order valence-corrected chi connectivity index (χ0v) is 6.93. The number of hydrogen-bond donors (Lipinski definition) is 1. The summed E-state index contributed by atoms with van der Waals surface area (Å²) in [5.41, 5.74) is 7.06. The molecule has 10 heavy (non-hydrogen) atoms. The van der Waals surface area contributed by atoms with E-state index >= 15 is 0 Å². The topological polar surface area (TPSA) is 26.0 Å². The number of allylic oxidation sites excluding steroid dienone is 2. The maximum atomic E-state index is 5.80. The molecule has 0 saturated carbocycles. The van der Waals surface area contributed by atoms with E-state index in [9.17, 15) is 0 Å². The summed E-state index contributed by atoms with van der Waals surface area (Å²) >= 11 is 0. The minimum absolute atomic E-state index is 0.225. The van der Waals surface area contributed by atoms with Gasteiger partial charge in [0.2, 0.25) is 0 Å². The number of nitrogens with two attached hydrogens (primary N) is 1. The van der Waals surface area contributed by atoms with Crippen LogP contribution in [0, 0.1) is 0 Å². The van der Waals surface area contributed by atoms with Crippen LogP contribution in [0.3, 0.4) is 0 Å². The summed E-state index contributed by atoms with van der Waals surface area (Å²) in [6.07, 6.45) is 5.99. The van der Waals surface area contributed by atoms with Crippen molar-refractivity contribution in [3.8, 4) is 0 Å².